The molecule has 5 N–H and O–H groups in total. The van der Waals surface area contributed by atoms with Gasteiger partial charge in [0.15, 0.2) is 0 Å². The summed E-state index contributed by atoms with van der Waals surface area (Å²) < 4.78 is 0. The highest BCUT2D eigenvalue weighted by Crippen LogP contribution is 2.11. The number of nitrogens with one attached hydrogen (secondary N) is 2. The van der Waals surface area contributed by atoms with Crippen molar-refractivity contribution in [3.63, 3.8) is 0 Å². The van der Waals surface area contributed by atoms with Gasteiger partial charge >= 0.3 is 0 Å². The molecule has 0 amide bonds. The molecule has 0 aliphatic carbocycles. The molecule has 0 unspecified atom stereocenters. The molecule has 1 fully saturated rings. The fourth-order valence-corrected chi connectivity index (χ4v) is 2.84. The second-order valence-electron chi connectivity index (χ2n) is 7.30. The number of aliphatic hydroxyl groups excluding tert-OH is 1. The summed E-state index contributed by atoms with van der Waals surface area (Å²) in [6.07, 6.45) is 6.79. The van der Waals surface area contributed by atoms with Crippen LogP contribution in [-0.4, -0.2) is 56.6 Å². The number of nitrogens with zero attached hydrogens (tertiary/aromatic N) is 1. The van der Waals surface area contributed by atoms with Crippen molar-refractivity contribution in [3.8, 4) is 0 Å². The Balaban J connectivity index is -0.000000523. The van der Waals surface area contributed by atoms with E-state index in [9.17, 15) is 0 Å². The molecule has 6 nitrogen and oxygen atoms in total. The van der Waals surface area contributed by atoms with Crippen LogP contribution in [0.2, 0.25) is 0 Å². The van der Waals surface area contributed by atoms with Crippen LogP contribution in [0.1, 0.15) is 65.0 Å². The van der Waals surface area contributed by atoms with Crippen LogP contribution in [0.4, 0.5) is 0 Å². The van der Waals surface area contributed by atoms with Crippen molar-refractivity contribution in [2.45, 2.75) is 60.4 Å². The van der Waals surface area contributed by atoms with Crippen molar-refractivity contribution >= 4 is 12.0 Å². The lowest BCUT2D eigenvalue weighted by Gasteiger charge is -2.19. The summed E-state index contributed by atoms with van der Waals surface area (Å²) in [6, 6.07) is 20.5. The van der Waals surface area contributed by atoms with E-state index < -0.39 is 0 Å². The van der Waals surface area contributed by atoms with Gasteiger partial charge in [-0.2, -0.15) is 0 Å². The summed E-state index contributed by atoms with van der Waals surface area (Å²) in [5.41, 5.74) is 9.31. The van der Waals surface area contributed by atoms with Gasteiger partial charge in [0.05, 0.1) is 5.70 Å². The van der Waals surface area contributed by atoms with Crippen LogP contribution in [0.5, 0.6) is 0 Å². The van der Waals surface area contributed by atoms with Gasteiger partial charge in [-0.3, -0.25) is 0 Å². The molecular weight excluding hydrogens is 448 g/mol. The molecule has 6 heteroatoms. The highest BCUT2D eigenvalue weighted by atomic mass is 16.2. The molecule has 1 aliphatic heterocycles. The van der Waals surface area contributed by atoms with Crippen LogP contribution in [0.15, 0.2) is 66.9 Å². The zero-order chi connectivity index (χ0) is 27.9. The molecule has 206 valence electrons. The molecule has 0 saturated carbocycles. The number of aliphatic hydroxyl groups is 1. The predicted octanol–water partition coefficient (Wildman–Crippen LogP) is 5.29. The summed E-state index contributed by atoms with van der Waals surface area (Å²) in [4.78, 5) is 11.0. The van der Waals surface area contributed by atoms with Crippen LogP contribution in [0, 0.1) is 0 Å². The molecule has 2 aromatic rings. The lowest BCUT2D eigenvalue weighted by Crippen LogP contribution is -2.18. The fraction of sp³-hybridized carbons (Fsp3) is 0.500. The van der Waals surface area contributed by atoms with E-state index in [4.69, 9.17) is 15.6 Å². The number of hydrogen-bond donors (Lipinski definition) is 4. The minimum atomic E-state index is 0.750. The van der Waals surface area contributed by atoms with Crippen LogP contribution >= 0.6 is 0 Å². The maximum absolute atomic E-state index is 8.81. The second kappa shape index (κ2) is 32.3. The Morgan fingerprint density at radius 3 is 1.81 bits per heavy atom. The van der Waals surface area contributed by atoms with Crippen molar-refractivity contribution < 1.29 is 9.90 Å². The number of nitrogens with two attached hydrogens (primary N) is 1. The first kappa shape index (κ1) is 37.9. The summed E-state index contributed by atoms with van der Waals surface area (Å²) in [5.74, 6) is 0. The first-order valence-electron chi connectivity index (χ1n) is 13.1. The first-order valence-corrected chi connectivity index (χ1v) is 13.1. The van der Waals surface area contributed by atoms with Gasteiger partial charge < -0.3 is 31.2 Å². The van der Waals surface area contributed by atoms with E-state index in [2.05, 4.69) is 53.6 Å². The Hall–Kier alpha value is -2.67. The highest BCUT2D eigenvalue weighted by Gasteiger charge is 2.01. The number of rotatable bonds is 7. The SMILES string of the molecule is C1CCNC1.CC.CC=O.CCCNC.CCN(/C=C(\N)c1ccccc1)Cc1ccccc1.CO. The average Bonchev–Trinajstić information content (AvgIpc) is 3.53. The Kier molecular flexibility index (Phi) is 34.0. The zero-order valence-electron chi connectivity index (χ0n) is 24.0. The van der Waals surface area contributed by atoms with E-state index in [0.717, 1.165) is 44.3 Å². The normalized spacial score (nSPS) is 11.2. The molecule has 2 aromatic carbocycles. The molecular formula is C30H54N4O2. The van der Waals surface area contributed by atoms with E-state index in [1.165, 1.54) is 44.8 Å². The third-order valence-corrected chi connectivity index (χ3v) is 4.52. The van der Waals surface area contributed by atoms with Crippen molar-refractivity contribution in [2.24, 2.45) is 5.73 Å². The Morgan fingerprint density at radius 1 is 1.00 bits per heavy atom. The van der Waals surface area contributed by atoms with Crippen molar-refractivity contribution in [1.29, 1.82) is 0 Å². The number of carbonyl (C=O) groups excluding carboxylic acids is 1. The molecule has 0 bridgehead atoms. The number of carbonyl (C=O) groups is 1. The molecule has 1 heterocycles. The summed E-state index contributed by atoms with van der Waals surface area (Å²) >= 11 is 0. The fourth-order valence-electron chi connectivity index (χ4n) is 2.84. The van der Waals surface area contributed by atoms with E-state index in [-0.39, 0.29) is 0 Å². The maximum Gasteiger partial charge on any atom is 0.116 e. The highest BCUT2D eigenvalue weighted by molar-refractivity contribution is 5.61. The topological polar surface area (TPSA) is 90.6 Å². The van der Waals surface area contributed by atoms with Crippen LogP contribution in [0.3, 0.4) is 0 Å². The van der Waals surface area contributed by atoms with E-state index in [0.29, 0.717) is 0 Å². The third kappa shape index (κ3) is 24.5. The molecule has 0 radical (unpaired) electrons. The van der Waals surface area contributed by atoms with E-state index in [1.807, 2.05) is 63.5 Å². The lowest BCUT2D eigenvalue weighted by molar-refractivity contribution is -0.106. The van der Waals surface area contributed by atoms with Gasteiger partial charge in [0.25, 0.3) is 0 Å². The lowest BCUT2D eigenvalue weighted by atomic mass is 10.1. The smallest absolute Gasteiger partial charge is 0.116 e. The molecule has 0 atom stereocenters. The van der Waals surface area contributed by atoms with Gasteiger partial charge in [0, 0.05) is 26.4 Å². The Morgan fingerprint density at radius 2 is 1.47 bits per heavy atom. The van der Waals surface area contributed by atoms with E-state index in [1.54, 1.807) is 0 Å². The molecule has 36 heavy (non-hydrogen) atoms. The van der Waals surface area contributed by atoms with Crippen molar-refractivity contribution in [1.82, 2.24) is 15.5 Å². The third-order valence-electron chi connectivity index (χ3n) is 4.52. The molecule has 1 saturated heterocycles. The standard InChI is InChI=1S/C17H20N2.C4H9N.C4H11N.C2H4O.C2H6.CH4O/c1-2-19(13-15-9-5-3-6-10-15)14-17(18)16-11-7-4-8-12-16;1-2-4-5-3-1;1-3-4-5-2;1-2-3;2*1-2/h3-12,14H,2,13,18H2,1H3;5H,1-4H2;5H,3-4H2,1-2H3;2H,1H3;1-2H3;2H,1H3/b17-14-;;;;;. The minimum absolute atomic E-state index is 0.750. The van der Waals surface area contributed by atoms with Crippen LogP contribution in [0.25, 0.3) is 5.70 Å². The molecule has 0 spiro atoms. The van der Waals surface area contributed by atoms with Gasteiger partial charge in [-0.25, -0.2) is 0 Å². The van der Waals surface area contributed by atoms with Gasteiger partial charge in [-0.1, -0.05) is 81.4 Å². The first-order chi connectivity index (χ1) is 17.6. The Labute approximate surface area is 222 Å². The maximum atomic E-state index is 8.81. The van der Waals surface area contributed by atoms with Crippen LogP contribution < -0.4 is 16.4 Å². The summed E-state index contributed by atoms with van der Waals surface area (Å²) in [7, 11) is 2.96. The van der Waals surface area contributed by atoms with Crippen molar-refractivity contribution in [2.75, 3.05) is 40.3 Å². The van der Waals surface area contributed by atoms with E-state index >= 15 is 0 Å². The number of hydrogen-bond acceptors (Lipinski definition) is 6. The second-order valence-corrected chi connectivity index (χ2v) is 7.30. The monoisotopic (exact) mass is 502 g/mol. The summed E-state index contributed by atoms with van der Waals surface area (Å²) in [6.45, 7) is 15.2. The average molecular weight is 503 g/mol. The number of benzene rings is 2. The summed E-state index contributed by atoms with van der Waals surface area (Å²) in [5, 5.41) is 13.2. The number of aldehydes is 1. The molecule has 0 aromatic heterocycles. The van der Waals surface area contributed by atoms with Crippen LogP contribution in [-0.2, 0) is 11.3 Å². The Bertz CT molecular complexity index is 681. The quantitative estimate of drug-likeness (QED) is 0.385. The largest absolute Gasteiger partial charge is 0.400 e. The van der Waals surface area contributed by atoms with Crippen molar-refractivity contribution in [3.05, 3.63) is 78.0 Å². The zero-order valence-corrected chi connectivity index (χ0v) is 24.0. The van der Waals surface area contributed by atoms with Gasteiger partial charge in [-0.15, -0.1) is 0 Å². The molecule has 1 aliphatic rings. The minimum Gasteiger partial charge on any atom is -0.400 e. The van der Waals surface area contributed by atoms with Gasteiger partial charge in [-0.05, 0) is 70.9 Å². The van der Waals surface area contributed by atoms with Gasteiger partial charge in [0.1, 0.15) is 6.29 Å². The van der Waals surface area contributed by atoms with Gasteiger partial charge in [0.2, 0.25) is 0 Å². The molecule has 3 rings (SSSR count). The predicted molar refractivity (Wildman–Crippen MR) is 159 cm³/mol.